The van der Waals surface area contributed by atoms with Crippen LogP contribution in [0.1, 0.15) is 23.2 Å². The number of thiazole rings is 1. The Labute approximate surface area is 98.6 Å². The van der Waals surface area contributed by atoms with Gasteiger partial charge in [-0.3, -0.25) is 0 Å². The topological polar surface area (TPSA) is 33.1 Å². The molecule has 0 unspecified atom stereocenters. The molecule has 2 nitrogen and oxygen atoms in total. The van der Waals surface area contributed by atoms with Crippen LogP contribution in [0.5, 0.6) is 5.06 Å². The number of aromatic hydroxyl groups is 1. The largest absolute Gasteiger partial charge is 0.498 e. The lowest BCUT2D eigenvalue weighted by atomic mass is 10.1. The van der Waals surface area contributed by atoms with E-state index in [1.54, 1.807) is 0 Å². The van der Waals surface area contributed by atoms with Gasteiger partial charge >= 0.3 is 0 Å². The van der Waals surface area contributed by atoms with Crippen LogP contribution in [0.15, 0.2) is 18.2 Å². The minimum absolute atomic E-state index is 0.329. The van der Waals surface area contributed by atoms with Crippen molar-refractivity contribution in [3.8, 4) is 15.6 Å². The van der Waals surface area contributed by atoms with Crippen molar-refractivity contribution in [1.82, 2.24) is 4.98 Å². The third-order valence-electron chi connectivity index (χ3n) is 3.12. The van der Waals surface area contributed by atoms with E-state index in [0.717, 1.165) is 16.3 Å². The first-order chi connectivity index (χ1) is 7.74. The summed E-state index contributed by atoms with van der Waals surface area (Å²) in [6, 6.07) is 6.54. The highest BCUT2D eigenvalue weighted by Gasteiger charge is 2.13. The Hall–Kier alpha value is -1.35. The molecule has 1 N–H and O–H groups in total. The molecule has 0 amide bonds. The van der Waals surface area contributed by atoms with Crippen molar-refractivity contribution < 1.29 is 5.11 Å². The van der Waals surface area contributed by atoms with Gasteiger partial charge in [-0.25, -0.2) is 4.98 Å². The molecule has 0 radical (unpaired) electrons. The summed E-state index contributed by atoms with van der Waals surface area (Å²) in [5.74, 6) is 0. The molecule has 2 aromatic rings. The minimum atomic E-state index is 0.329. The van der Waals surface area contributed by atoms with Gasteiger partial charge in [-0.1, -0.05) is 23.5 Å². The summed E-state index contributed by atoms with van der Waals surface area (Å²) in [6.07, 6.45) is 3.65. The molecular weight excluding hydrogens is 218 g/mol. The van der Waals surface area contributed by atoms with Crippen LogP contribution in [0.25, 0.3) is 10.6 Å². The maximum atomic E-state index is 9.55. The Morgan fingerprint density at radius 2 is 2.06 bits per heavy atom. The number of hydrogen-bond donors (Lipinski definition) is 1. The first-order valence-corrected chi connectivity index (χ1v) is 6.34. The first kappa shape index (κ1) is 9.85. The first-order valence-electron chi connectivity index (χ1n) is 5.52. The fraction of sp³-hybridized carbons (Fsp3) is 0.308. The number of hydrogen-bond acceptors (Lipinski definition) is 3. The number of aromatic nitrogens is 1. The van der Waals surface area contributed by atoms with Crippen molar-refractivity contribution in [2.45, 2.75) is 26.2 Å². The van der Waals surface area contributed by atoms with E-state index in [4.69, 9.17) is 0 Å². The summed E-state index contributed by atoms with van der Waals surface area (Å²) in [7, 11) is 0. The smallest absolute Gasteiger partial charge is 0.195 e. The van der Waals surface area contributed by atoms with Gasteiger partial charge in [0.25, 0.3) is 0 Å². The summed E-state index contributed by atoms with van der Waals surface area (Å²) >= 11 is 1.36. The molecule has 3 heteroatoms. The monoisotopic (exact) mass is 231 g/mol. The fourth-order valence-electron chi connectivity index (χ4n) is 2.22. The molecule has 1 heterocycles. The highest BCUT2D eigenvalue weighted by atomic mass is 32.1. The summed E-state index contributed by atoms with van der Waals surface area (Å²) < 4.78 is 0. The molecule has 0 fully saturated rings. The molecule has 82 valence electrons. The highest BCUT2D eigenvalue weighted by Crippen LogP contribution is 2.34. The summed E-state index contributed by atoms with van der Waals surface area (Å²) in [5, 5.41) is 10.8. The van der Waals surface area contributed by atoms with E-state index in [-0.39, 0.29) is 0 Å². The van der Waals surface area contributed by atoms with E-state index >= 15 is 0 Å². The van der Waals surface area contributed by atoms with Gasteiger partial charge in [0.05, 0.1) is 5.69 Å². The molecule has 0 spiro atoms. The third kappa shape index (κ3) is 1.52. The number of benzene rings is 1. The Balaban J connectivity index is 2.07. The number of aryl methyl sites for hydroxylation is 3. The van der Waals surface area contributed by atoms with Crippen LogP contribution in [0.4, 0.5) is 0 Å². The van der Waals surface area contributed by atoms with Crippen molar-refractivity contribution >= 4 is 11.3 Å². The van der Waals surface area contributed by atoms with Crippen molar-refractivity contribution in [2.75, 3.05) is 0 Å². The molecule has 0 aliphatic heterocycles. The molecule has 1 aromatic carbocycles. The van der Waals surface area contributed by atoms with Crippen LogP contribution in [-0.4, -0.2) is 10.1 Å². The second-order valence-corrected chi connectivity index (χ2v) is 5.22. The van der Waals surface area contributed by atoms with Crippen LogP contribution in [0.3, 0.4) is 0 Å². The molecule has 0 saturated heterocycles. The fourth-order valence-corrected chi connectivity index (χ4v) is 3.02. The van der Waals surface area contributed by atoms with E-state index in [1.807, 2.05) is 6.92 Å². The molecule has 16 heavy (non-hydrogen) atoms. The Morgan fingerprint density at radius 1 is 1.25 bits per heavy atom. The van der Waals surface area contributed by atoms with Gasteiger partial charge in [-0.15, -0.1) is 0 Å². The zero-order valence-corrected chi connectivity index (χ0v) is 9.97. The van der Waals surface area contributed by atoms with E-state index in [9.17, 15) is 5.11 Å². The normalized spacial score (nSPS) is 14.1. The van der Waals surface area contributed by atoms with Crippen molar-refractivity contribution in [3.63, 3.8) is 0 Å². The summed E-state index contributed by atoms with van der Waals surface area (Å²) in [5.41, 5.74) is 4.78. The molecular formula is C13H13NOS. The average molecular weight is 231 g/mol. The Kier molecular flexibility index (Phi) is 2.21. The standard InChI is InChI=1S/C13H13NOS/c1-8-13(15)16-12(14-8)11-6-5-9-3-2-4-10(9)7-11/h5-7,15H,2-4H2,1H3. The van der Waals surface area contributed by atoms with Crippen LogP contribution >= 0.6 is 11.3 Å². The molecule has 3 rings (SSSR count). The van der Waals surface area contributed by atoms with Crippen molar-refractivity contribution in [1.29, 1.82) is 0 Å². The highest BCUT2D eigenvalue weighted by molar-refractivity contribution is 7.16. The summed E-state index contributed by atoms with van der Waals surface area (Å²) in [4.78, 5) is 4.37. The minimum Gasteiger partial charge on any atom is -0.498 e. The molecule has 0 saturated carbocycles. The van der Waals surface area contributed by atoms with Crippen molar-refractivity contribution in [2.24, 2.45) is 0 Å². The van der Waals surface area contributed by atoms with E-state index < -0.39 is 0 Å². The maximum Gasteiger partial charge on any atom is 0.195 e. The molecule has 1 aliphatic carbocycles. The van der Waals surface area contributed by atoms with Crippen molar-refractivity contribution in [3.05, 3.63) is 35.0 Å². The van der Waals surface area contributed by atoms with Gasteiger partial charge in [-0.05, 0) is 43.4 Å². The zero-order valence-electron chi connectivity index (χ0n) is 9.16. The van der Waals surface area contributed by atoms with E-state index in [2.05, 4.69) is 23.2 Å². The van der Waals surface area contributed by atoms with E-state index in [1.165, 1.54) is 41.7 Å². The van der Waals surface area contributed by atoms with Gasteiger partial charge in [0.2, 0.25) is 0 Å². The third-order valence-corrected chi connectivity index (χ3v) is 4.13. The Morgan fingerprint density at radius 3 is 2.81 bits per heavy atom. The lowest BCUT2D eigenvalue weighted by Gasteiger charge is -2.01. The lowest BCUT2D eigenvalue weighted by Crippen LogP contribution is -1.84. The van der Waals surface area contributed by atoms with Gasteiger partial charge in [-0.2, -0.15) is 0 Å². The van der Waals surface area contributed by atoms with Gasteiger partial charge < -0.3 is 5.11 Å². The van der Waals surface area contributed by atoms with Gasteiger partial charge in [0.15, 0.2) is 5.06 Å². The van der Waals surface area contributed by atoms with Gasteiger partial charge in [0.1, 0.15) is 5.01 Å². The van der Waals surface area contributed by atoms with Crippen LogP contribution in [0.2, 0.25) is 0 Å². The number of nitrogens with zero attached hydrogens (tertiary/aromatic N) is 1. The molecule has 0 bridgehead atoms. The average Bonchev–Trinajstić information content (AvgIpc) is 2.85. The zero-order chi connectivity index (χ0) is 11.1. The van der Waals surface area contributed by atoms with Crippen LogP contribution in [0, 0.1) is 6.92 Å². The lowest BCUT2D eigenvalue weighted by molar-refractivity contribution is 0.485. The van der Waals surface area contributed by atoms with Crippen LogP contribution < -0.4 is 0 Å². The second-order valence-electron chi connectivity index (χ2n) is 4.25. The predicted octanol–water partition coefficient (Wildman–Crippen LogP) is 3.31. The molecule has 1 aliphatic rings. The van der Waals surface area contributed by atoms with Crippen LogP contribution in [-0.2, 0) is 12.8 Å². The molecule has 1 aromatic heterocycles. The number of fused-ring (bicyclic) bond motifs is 1. The van der Waals surface area contributed by atoms with E-state index in [0.29, 0.717) is 5.06 Å². The Bertz CT molecular complexity index is 525. The number of rotatable bonds is 1. The molecule has 0 atom stereocenters. The predicted molar refractivity (Wildman–Crippen MR) is 66.0 cm³/mol. The SMILES string of the molecule is Cc1nc(-c2ccc3c(c2)CCC3)sc1O. The summed E-state index contributed by atoms with van der Waals surface area (Å²) in [6.45, 7) is 1.84. The second kappa shape index (κ2) is 3.59. The maximum absolute atomic E-state index is 9.55. The quantitative estimate of drug-likeness (QED) is 0.816. The van der Waals surface area contributed by atoms with Gasteiger partial charge in [0, 0.05) is 5.56 Å².